The number of aromatic nitrogens is 1. The Labute approximate surface area is 172 Å². The quantitative estimate of drug-likeness (QED) is 0.524. The van der Waals surface area contributed by atoms with Crippen molar-refractivity contribution in [2.24, 2.45) is 5.14 Å². The van der Waals surface area contributed by atoms with Crippen molar-refractivity contribution in [3.05, 3.63) is 70.1 Å². The molecule has 0 amide bonds. The molecule has 0 saturated heterocycles. The molecule has 0 saturated carbocycles. The molecule has 0 spiro atoms. The van der Waals surface area contributed by atoms with Gasteiger partial charge in [-0.15, -0.1) is 11.3 Å². The molecular weight excluding hydrogens is 444 g/mol. The number of hydrazine groups is 1. The molecule has 3 aromatic rings. The molecule has 30 heavy (non-hydrogen) atoms. The third-order valence-electron chi connectivity index (χ3n) is 4.70. The van der Waals surface area contributed by atoms with Gasteiger partial charge < -0.3 is 5.43 Å². The van der Waals surface area contributed by atoms with Crippen molar-refractivity contribution in [1.82, 2.24) is 15.8 Å². The van der Waals surface area contributed by atoms with E-state index < -0.39 is 33.3 Å². The lowest BCUT2D eigenvalue weighted by Gasteiger charge is -2.25. The van der Waals surface area contributed by atoms with Crippen LogP contribution in [0.2, 0.25) is 0 Å². The summed E-state index contributed by atoms with van der Waals surface area (Å²) in [5, 5.41) is 5.32. The highest BCUT2D eigenvalue weighted by Crippen LogP contribution is 2.41. The molecule has 2 aromatic carbocycles. The van der Waals surface area contributed by atoms with E-state index in [4.69, 9.17) is 5.14 Å². The summed E-state index contributed by atoms with van der Waals surface area (Å²) in [7, 11) is -3.98. The monoisotopic (exact) mass is 458 g/mol. The third-order valence-corrected chi connectivity index (χ3v) is 6.79. The first kappa shape index (κ1) is 20.7. The second-order valence-electron chi connectivity index (χ2n) is 6.77. The number of allylic oxidation sites excluding steroid dienone is 1. The maximum atomic E-state index is 13.9. The van der Waals surface area contributed by atoms with Crippen molar-refractivity contribution < 1.29 is 26.0 Å². The summed E-state index contributed by atoms with van der Waals surface area (Å²) < 4.78 is 77.5. The van der Waals surface area contributed by atoms with E-state index in [1.54, 1.807) is 6.92 Å². The topological polar surface area (TPSA) is 97.1 Å². The van der Waals surface area contributed by atoms with E-state index in [1.807, 2.05) is 0 Å². The number of nitrogens with two attached hydrogens (primary N) is 1. The van der Waals surface area contributed by atoms with Gasteiger partial charge in [0.2, 0.25) is 10.0 Å². The minimum absolute atomic E-state index is 0.186. The zero-order chi connectivity index (χ0) is 21.9. The maximum absolute atomic E-state index is 13.9. The van der Waals surface area contributed by atoms with Crippen LogP contribution in [0.4, 0.5) is 17.6 Å². The number of aryl methyl sites for hydroxylation is 1. The Kier molecular flexibility index (Phi) is 4.65. The van der Waals surface area contributed by atoms with Gasteiger partial charge in [0.25, 0.3) is 0 Å². The van der Waals surface area contributed by atoms with Crippen LogP contribution in [0, 0.1) is 12.7 Å². The van der Waals surface area contributed by atoms with E-state index in [9.17, 15) is 26.0 Å². The van der Waals surface area contributed by atoms with Gasteiger partial charge in [-0.05, 0) is 48.4 Å². The Morgan fingerprint density at radius 2 is 1.83 bits per heavy atom. The Bertz CT molecular complexity index is 1240. The van der Waals surface area contributed by atoms with Gasteiger partial charge in [-0.2, -0.15) is 13.2 Å². The van der Waals surface area contributed by atoms with Gasteiger partial charge in [-0.1, -0.05) is 12.1 Å². The number of nitrogens with one attached hydrogen (secondary N) is 2. The molecule has 2 heterocycles. The van der Waals surface area contributed by atoms with E-state index in [1.165, 1.54) is 36.4 Å². The van der Waals surface area contributed by atoms with E-state index in [-0.39, 0.29) is 15.5 Å². The molecule has 0 radical (unpaired) electrons. The van der Waals surface area contributed by atoms with Crippen LogP contribution in [-0.4, -0.2) is 19.6 Å². The molecule has 1 atom stereocenters. The van der Waals surface area contributed by atoms with Crippen LogP contribution in [0.3, 0.4) is 0 Å². The Balaban J connectivity index is 1.93. The number of thiazole rings is 1. The Hall–Kier alpha value is -2.54. The van der Waals surface area contributed by atoms with Crippen LogP contribution in [0.15, 0.2) is 53.1 Å². The largest absolute Gasteiger partial charge is 0.432 e. The number of hydrogen-bond acceptors (Lipinski definition) is 6. The number of sulfonamides is 1. The van der Waals surface area contributed by atoms with Crippen LogP contribution in [-0.2, 0) is 15.6 Å². The summed E-state index contributed by atoms with van der Waals surface area (Å²) in [6.07, 6.45) is -3.73. The van der Waals surface area contributed by atoms with Crippen molar-refractivity contribution >= 4 is 31.6 Å². The molecule has 0 aliphatic carbocycles. The smallest absolute Gasteiger partial charge is 0.316 e. The highest BCUT2D eigenvalue weighted by molar-refractivity contribution is 7.89. The maximum Gasteiger partial charge on any atom is 0.432 e. The fourth-order valence-corrected chi connectivity index (χ4v) is 4.76. The molecule has 1 aromatic heterocycles. The van der Waals surface area contributed by atoms with E-state index in [2.05, 4.69) is 15.8 Å². The van der Waals surface area contributed by atoms with Crippen LogP contribution < -0.4 is 16.0 Å². The average molecular weight is 458 g/mol. The molecular formula is C18H14F4N4O2S2. The Morgan fingerprint density at radius 3 is 2.40 bits per heavy atom. The fraction of sp³-hybridized carbons (Fsp3) is 0.167. The third kappa shape index (κ3) is 3.45. The zero-order valence-corrected chi connectivity index (χ0v) is 16.8. The van der Waals surface area contributed by atoms with Crippen LogP contribution in [0.25, 0.3) is 10.2 Å². The van der Waals surface area contributed by atoms with Gasteiger partial charge in [0, 0.05) is 0 Å². The molecule has 158 valence electrons. The summed E-state index contributed by atoms with van der Waals surface area (Å²) in [6.45, 7) is 1.56. The van der Waals surface area contributed by atoms with Crippen molar-refractivity contribution in [2.45, 2.75) is 23.5 Å². The van der Waals surface area contributed by atoms with Crippen molar-refractivity contribution in [3.8, 4) is 0 Å². The van der Waals surface area contributed by atoms with Crippen molar-refractivity contribution in [1.29, 1.82) is 0 Å². The van der Waals surface area contributed by atoms with E-state index in [0.29, 0.717) is 15.8 Å². The lowest BCUT2D eigenvalue weighted by Crippen LogP contribution is -2.44. The van der Waals surface area contributed by atoms with E-state index >= 15 is 0 Å². The first-order chi connectivity index (χ1) is 13.9. The first-order valence-electron chi connectivity index (χ1n) is 8.44. The molecule has 1 aliphatic rings. The van der Waals surface area contributed by atoms with Crippen molar-refractivity contribution in [3.63, 3.8) is 0 Å². The molecule has 1 unspecified atom stereocenters. The van der Waals surface area contributed by atoms with Gasteiger partial charge in [-0.3, -0.25) is 0 Å². The summed E-state index contributed by atoms with van der Waals surface area (Å²) in [5.74, 6) is -0.451. The average Bonchev–Trinajstić information content (AvgIpc) is 3.27. The van der Waals surface area contributed by atoms with Crippen LogP contribution in [0.1, 0.15) is 16.1 Å². The van der Waals surface area contributed by atoms with Crippen LogP contribution >= 0.6 is 11.3 Å². The molecule has 0 fully saturated rings. The predicted molar refractivity (Wildman–Crippen MR) is 103 cm³/mol. The predicted octanol–water partition coefficient (Wildman–Crippen LogP) is 3.19. The van der Waals surface area contributed by atoms with Gasteiger partial charge in [-0.25, -0.2) is 28.4 Å². The SMILES string of the molecule is Cc1cc2nc(C3(c4ccc(S(N)(=O)=O)cc4)C=C(C(F)(F)F)NN3)sc2cc1F. The molecule has 1 aliphatic heterocycles. The van der Waals surface area contributed by atoms with E-state index in [0.717, 1.165) is 17.4 Å². The number of benzene rings is 2. The fourth-order valence-electron chi connectivity index (χ4n) is 3.13. The van der Waals surface area contributed by atoms with Gasteiger partial charge in [0.1, 0.15) is 22.1 Å². The molecule has 6 nitrogen and oxygen atoms in total. The lowest BCUT2D eigenvalue weighted by molar-refractivity contribution is -0.0965. The summed E-state index contributed by atoms with van der Waals surface area (Å²) in [5.41, 5.74) is 3.24. The first-order valence-corrected chi connectivity index (χ1v) is 10.8. The number of halogens is 4. The molecule has 4 rings (SSSR count). The number of fused-ring (bicyclic) bond motifs is 1. The van der Waals surface area contributed by atoms with Gasteiger partial charge in [0.05, 0.1) is 15.1 Å². The Morgan fingerprint density at radius 1 is 1.17 bits per heavy atom. The molecule has 4 N–H and O–H groups in total. The second-order valence-corrected chi connectivity index (χ2v) is 9.36. The molecule has 0 bridgehead atoms. The van der Waals surface area contributed by atoms with Gasteiger partial charge in [0.15, 0.2) is 0 Å². The standard InChI is InChI=1S/C18H14F4N4O2S2/c1-9-6-13-14(7-12(9)19)29-16(24-13)17(8-15(25-26-17)18(20,21)22)10-2-4-11(5-3-10)30(23,27)28/h2-8,25-26H,1H3,(H2,23,27,28). The number of primary sulfonamides is 1. The summed E-state index contributed by atoms with van der Waals surface area (Å²) in [6, 6.07) is 7.89. The molecule has 12 heteroatoms. The number of nitrogens with zero attached hydrogens (tertiary/aromatic N) is 1. The number of rotatable bonds is 3. The highest BCUT2D eigenvalue weighted by atomic mass is 32.2. The van der Waals surface area contributed by atoms with Crippen LogP contribution in [0.5, 0.6) is 0 Å². The second kappa shape index (κ2) is 6.74. The highest BCUT2D eigenvalue weighted by Gasteiger charge is 2.47. The summed E-state index contributed by atoms with van der Waals surface area (Å²) >= 11 is 1.03. The van der Waals surface area contributed by atoms with Crippen molar-refractivity contribution in [2.75, 3.05) is 0 Å². The summed E-state index contributed by atoms with van der Waals surface area (Å²) in [4.78, 5) is 4.24. The number of alkyl halides is 3. The van der Waals surface area contributed by atoms with Gasteiger partial charge >= 0.3 is 6.18 Å². The normalized spacial score (nSPS) is 19.7. The minimum atomic E-state index is -4.66. The number of hydrogen-bond donors (Lipinski definition) is 3. The minimum Gasteiger partial charge on any atom is -0.316 e. The lowest BCUT2D eigenvalue weighted by atomic mass is 9.91. The zero-order valence-electron chi connectivity index (χ0n) is 15.2.